The molecule has 1 N–H and O–H groups in total. The van der Waals surface area contributed by atoms with Crippen LogP contribution in [0.3, 0.4) is 0 Å². The number of halogens is 2. The molecule has 1 amide bonds. The molecule has 1 aliphatic rings. The number of carbonyl (C=O) groups is 1. The number of likely N-dealkylation sites (tertiary alicyclic amines) is 1. The van der Waals surface area contributed by atoms with Gasteiger partial charge in [-0.2, -0.15) is 0 Å². The maximum absolute atomic E-state index is 13.5. The molecule has 0 radical (unpaired) electrons. The molecule has 6 nitrogen and oxygen atoms in total. The molecule has 26 heavy (non-hydrogen) atoms. The maximum Gasteiger partial charge on any atom is 0.244 e. The van der Waals surface area contributed by atoms with Gasteiger partial charge in [-0.3, -0.25) is 9.10 Å². The van der Waals surface area contributed by atoms with Crippen molar-refractivity contribution in [2.75, 3.05) is 30.7 Å². The van der Waals surface area contributed by atoms with E-state index in [-0.39, 0.29) is 29.1 Å². The monoisotopic (exact) mass is 405 g/mol. The summed E-state index contributed by atoms with van der Waals surface area (Å²) in [5, 5.41) is 2.77. The van der Waals surface area contributed by atoms with Crippen molar-refractivity contribution < 1.29 is 17.6 Å². The fourth-order valence-corrected chi connectivity index (χ4v) is 4.51. The number of carbonyl (C=O) groups excluding carboxylic acids is 1. The highest BCUT2D eigenvalue weighted by atomic mass is 35.5. The van der Waals surface area contributed by atoms with Crippen LogP contribution in [0.2, 0.25) is 5.02 Å². The lowest BCUT2D eigenvalue weighted by atomic mass is 10.0. The lowest BCUT2D eigenvalue weighted by Crippen LogP contribution is -2.53. The zero-order valence-corrected chi connectivity index (χ0v) is 16.8. The van der Waals surface area contributed by atoms with E-state index in [1.54, 1.807) is 6.92 Å². The number of benzene rings is 1. The molecule has 0 aromatic heterocycles. The summed E-state index contributed by atoms with van der Waals surface area (Å²) in [7, 11) is -1.75. The molecule has 146 valence electrons. The van der Waals surface area contributed by atoms with Crippen molar-refractivity contribution in [3.63, 3.8) is 0 Å². The van der Waals surface area contributed by atoms with Crippen molar-refractivity contribution in [1.82, 2.24) is 10.2 Å². The summed E-state index contributed by atoms with van der Waals surface area (Å²) in [6.45, 7) is 3.50. The molecule has 0 saturated carbocycles. The molecule has 1 aromatic rings. The average Bonchev–Trinajstić information content (AvgIpc) is 2.56. The van der Waals surface area contributed by atoms with Gasteiger partial charge in [0.15, 0.2) is 0 Å². The highest BCUT2D eigenvalue weighted by molar-refractivity contribution is 7.92. The zero-order valence-electron chi connectivity index (χ0n) is 15.2. The molecule has 1 heterocycles. The van der Waals surface area contributed by atoms with E-state index < -0.39 is 21.9 Å². The van der Waals surface area contributed by atoms with Crippen molar-refractivity contribution in [2.45, 2.75) is 38.3 Å². The molecule has 1 aliphatic heterocycles. The van der Waals surface area contributed by atoms with Gasteiger partial charge in [-0.05, 0) is 57.6 Å². The van der Waals surface area contributed by atoms with Crippen molar-refractivity contribution in [2.24, 2.45) is 0 Å². The Morgan fingerprint density at radius 2 is 2.04 bits per heavy atom. The molecule has 0 aliphatic carbocycles. The van der Waals surface area contributed by atoms with Gasteiger partial charge in [-0.15, -0.1) is 0 Å². The summed E-state index contributed by atoms with van der Waals surface area (Å²) in [5.74, 6) is -0.999. The van der Waals surface area contributed by atoms with Crippen LogP contribution in [0.15, 0.2) is 18.2 Å². The second-order valence-electron chi connectivity index (χ2n) is 6.67. The number of hydrogen-bond donors (Lipinski definition) is 1. The number of amides is 1. The lowest BCUT2D eigenvalue weighted by molar-refractivity contribution is -0.123. The molecule has 1 atom stereocenters. The largest absolute Gasteiger partial charge is 0.351 e. The Balaban J connectivity index is 2.26. The number of nitrogens with zero attached hydrogens (tertiary/aromatic N) is 2. The molecule has 0 spiro atoms. The molecule has 1 saturated heterocycles. The van der Waals surface area contributed by atoms with Gasteiger partial charge in [0, 0.05) is 6.04 Å². The van der Waals surface area contributed by atoms with Gasteiger partial charge in [0.25, 0.3) is 0 Å². The van der Waals surface area contributed by atoms with Crippen LogP contribution < -0.4 is 9.62 Å². The summed E-state index contributed by atoms with van der Waals surface area (Å²) in [6.07, 6.45) is 2.94. The number of piperidine rings is 1. The van der Waals surface area contributed by atoms with Crippen LogP contribution in [-0.4, -0.2) is 57.7 Å². The summed E-state index contributed by atoms with van der Waals surface area (Å²) in [5.41, 5.74) is 0.171. The molecule has 1 fully saturated rings. The van der Waals surface area contributed by atoms with E-state index >= 15 is 0 Å². The third kappa shape index (κ3) is 5.08. The molecular formula is C17H25ClFN3O3S. The van der Waals surface area contributed by atoms with Crippen LogP contribution in [-0.2, 0) is 14.8 Å². The first kappa shape index (κ1) is 20.9. The van der Waals surface area contributed by atoms with Gasteiger partial charge in [-0.25, -0.2) is 12.8 Å². The highest BCUT2D eigenvalue weighted by Gasteiger charge is 2.33. The Hall–Kier alpha value is -1.38. The second kappa shape index (κ2) is 8.54. The first-order valence-corrected chi connectivity index (χ1v) is 10.8. The van der Waals surface area contributed by atoms with Gasteiger partial charge < -0.3 is 10.2 Å². The number of sulfonamides is 1. The summed E-state index contributed by atoms with van der Waals surface area (Å²) in [4.78, 5) is 15.0. The Kier molecular flexibility index (Phi) is 6.87. The van der Waals surface area contributed by atoms with Gasteiger partial charge in [0.1, 0.15) is 11.9 Å². The minimum Gasteiger partial charge on any atom is -0.351 e. The fourth-order valence-electron chi connectivity index (χ4n) is 3.13. The van der Waals surface area contributed by atoms with E-state index in [1.807, 2.05) is 7.05 Å². The van der Waals surface area contributed by atoms with Crippen LogP contribution in [0.1, 0.15) is 26.2 Å². The van der Waals surface area contributed by atoms with Crippen LogP contribution >= 0.6 is 11.6 Å². The maximum atomic E-state index is 13.5. The topological polar surface area (TPSA) is 69.7 Å². The second-order valence-corrected chi connectivity index (χ2v) is 8.93. The summed E-state index contributed by atoms with van der Waals surface area (Å²) < 4.78 is 39.2. The number of nitrogens with one attached hydrogen (secondary N) is 1. The van der Waals surface area contributed by atoms with E-state index in [1.165, 1.54) is 12.1 Å². The molecule has 9 heteroatoms. The van der Waals surface area contributed by atoms with E-state index in [4.69, 9.17) is 11.6 Å². The molecule has 1 aromatic carbocycles. The Morgan fingerprint density at radius 1 is 1.42 bits per heavy atom. The number of rotatable bonds is 6. The van der Waals surface area contributed by atoms with E-state index in [0.717, 1.165) is 42.6 Å². The van der Waals surface area contributed by atoms with Crippen molar-refractivity contribution in [3.05, 3.63) is 29.0 Å². The first-order chi connectivity index (χ1) is 12.1. The Labute approximate surface area is 159 Å². The van der Waals surface area contributed by atoms with E-state index in [2.05, 4.69) is 10.2 Å². The molecule has 2 rings (SSSR count). The smallest absolute Gasteiger partial charge is 0.244 e. The predicted octanol–water partition coefficient (Wildman–Crippen LogP) is 2.23. The zero-order chi connectivity index (χ0) is 19.5. The normalized spacial score (nSPS) is 17.7. The van der Waals surface area contributed by atoms with Gasteiger partial charge in [0.05, 0.1) is 17.0 Å². The Morgan fingerprint density at radius 3 is 2.54 bits per heavy atom. The third-order valence-electron chi connectivity index (χ3n) is 4.55. The first-order valence-electron chi connectivity index (χ1n) is 8.56. The summed E-state index contributed by atoms with van der Waals surface area (Å²) in [6, 6.07) is 2.73. The van der Waals surface area contributed by atoms with E-state index in [0.29, 0.717) is 0 Å². The van der Waals surface area contributed by atoms with Crippen molar-refractivity contribution >= 4 is 33.2 Å². The Bertz CT molecular complexity index is 752. The standard InChI is InChI=1S/C17H25ClFN3O3S/c1-4-16(17(23)20-12-7-9-21(2)10-8-12)22(26(3,24)25)13-5-6-15(19)14(18)11-13/h5-6,11-12,16H,4,7-10H2,1-3H3,(H,20,23)/t16-/m0/s1. The fraction of sp³-hybridized carbons (Fsp3) is 0.588. The van der Waals surface area contributed by atoms with Gasteiger partial charge in [0.2, 0.25) is 15.9 Å². The predicted molar refractivity (Wildman–Crippen MR) is 101 cm³/mol. The molecular weight excluding hydrogens is 381 g/mol. The SMILES string of the molecule is CC[C@@H](C(=O)NC1CCN(C)CC1)N(c1ccc(F)c(Cl)c1)S(C)(=O)=O. The molecule has 0 bridgehead atoms. The van der Waals surface area contributed by atoms with Crippen molar-refractivity contribution in [3.8, 4) is 0 Å². The summed E-state index contributed by atoms with van der Waals surface area (Å²) >= 11 is 5.80. The minimum absolute atomic E-state index is 0.0194. The number of hydrogen-bond acceptors (Lipinski definition) is 4. The number of anilines is 1. The highest BCUT2D eigenvalue weighted by Crippen LogP contribution is 2.27. The minimum atomic E-state index is -3.77. The van der Waals surface area contributed by atoms with E-state index in [9.17, 15) is 17.6 Å². The quantitative estimate of drug-likeness (QED) is 0.788. The van der Waals surface area contributed by atoms with Crippen LogP contribution in [0.5, 0.6) is 0 Å². The van der Waals surface area contributed by atoms with Crippen molar-refractivity contribution in [1.29, 1.82) is 0 Å². The van der Waals surface area contributed by atoms with Crippen LogP contribution in [0.4, 0.5) is 10.1 Å². The lowest BCUT2D eigenvalue weighted by Gasteiger charge is -2.34. The van der Waals surface area contributed by atoms with Gasteiger partial charge in [-0.1, -0.05) is 18.5 Å². The third-order valence-corrected chi connectivity index (χ3v) is 6.02. The average molecular weight is 406 g/mol. The van der Waals surface area contributed by atoms with Crippen LogP contribution in [0.25, 0.3) is 0 Å². The molecule has 0 unspecified atom stereocenters. The van der Waals surface area contributed by atoms with Gasteiger partial charge >= 0.3 is 0 Å². The van der Waals surface area contributed by atoms with Crippen LogP contribution in [0, 0.1) is 5.82 Å².